The molecule has 2 saturated heterocycles. The fraction of sp³-hybridized carbons (Fsp3) is 0.615. The van der Waals surface area contributed by atoms with E-state index in [9.17, 15) is 9.18 Å². The monoisotopic (exact) mass is 454 g/mol. The molecule has 1 spiro atoms. The second-order valence-electron chi connectivity index (χ2n) is 10.7. The molecule has 33 heavy (non-hydrogen) atoms. The van der Waals surface area contributed by atoms with Crippen molar-refractivity contribution in [2.24, 2.45) is 7.05 Å². The molecule has 6 nitrogen and oxygen atoms in total. The van der Waals surface area contributed by atoms with Crippen LogP contribution in [0.4, 0.5) is 4.39 Å². The fourth-order valence-corrected chi connectivity index (χ4v) is 6.03. The maximum absolute atomic E-state index is 14.3. The van der Waals surface area contributed by atoms with Gasteiger partial charge in [-0.1, -0.05) is 6.92 Å². The third kappa shape index (κ3) is 3.56. The molecule has 7 heteroatoms. The lowest BCUT2D eigenvalue weighted by Gasteiger charge is -2.44. The molecule has 1 amide bonds. The van der Waals surface area contributed by atoms with E-state index in [2.05, 4.69) is 37.4 Å². The number of benzene rings is 1. The first-order valence-electron chi connectivity index (χ1n) is 12.2. The normalized spacial score (nSPS) is 23.3. The van der Waals surface area contributed by atoms with Crippen molar-refractivity contribution >= 4 is 5.91 Å². The number of carbonyl (C=O) groups excluding carboxylic acids is 1. The molecule has 4 heterocycles. The summed E-state index contributed by atoms with van der Waals surface area (Å²) in [5, 5.41) is 0. The van der Waals surface area contributed by atoms with Gasteiger partial charge in [0.05, 0.1) is 11.4 Å². The lowest BCUT2D eigenvalue weighted by atomic mass is 9.83. The van der Waals surface area contributed by atoms with E-state index < -0.39 is 5.60 Å². The third-order valence-electron chi connectivity index (χ3n) is 8.09. The van der Waals surface area contributed by atoms with Crippen molar-refractivity contribution in [3.8, 4) is 17.0 Å². The molecule has 0 bridgehead atoms. The molecule has 3 aliphatic rings. The minimum absolute atomic E-state index is 0.111. The molecular formula is C26H35FN4O2. The Morgan fingerprint density at radius 1 is 1.24 bits per heavy atom. The average molecular weight is 455 g/mol. The molecule has 0 N–H and O–H groups in total. The Labute approximate surface area is 195 Å². The van der Waals surface area contributed by atoms with E-state index in [4.69, 9.17) is 9.72 Å². The summed E-state index contributed by atoms with van der Waals surface area (Å²) in [6, 6.07) is 4.73. The zero-order valence-corrected chi connectivity index (χ0v) is 20.4. The van der Waals surface area contributed by atoms with Crippen molar-refractivity contribution in [2.45, 2.75) is 69.9 Å². The molecule has 1 aromatic heterocycles. The zero-order chi connectivity index (χ0) is 23.5. The standard InChI is InChI=1S/C26H35FN4O2/c1-6-7-21(32)31-12-10-26(11-13-31)23-22(19-14-18(27)8-9-20(19)33-26)28-24(30(23)5)17-15-25(2,3)29(4)16-17/h8-9,14,17H,6-7,10-13,15-16H2,1-5H3/t17-/m1/s1. The number of amides is 1. The van der Waals surface area contributed by atoms with Gasteiger partial charge in [0.2, 0.25) is 5.91 Å². The van der Waals surface area contributed by atoms with Crippen molar-refractivity contribution in [1.29, 1.82) is 0 Å². The van der Waals surface area contributed by atoms with E-state index in [1.54, 1.807) is 12.1 Å². The van der Waals surface area contributed by atoms with Crippen LogP contribution in [-0.4, -0.2) is 57.5 Å². The summed E-state index contributed by atoms with van der Waals surface area (Å²) < 4.78 is 23.1. The van der Waals surface area contributed by atoms with Gasteiger partial charge in [0, 0.05) is 63.0 Å². The highest BCUT2D eigenvalue weighted by molar-refractivity contribution is 5.77. The first-order chi connectivity index (χ1) is 15.6. The maximum atomic E-state index is 14.3. The number of likely N-dealkylation sites (tertiary alicyclic amines) is 2. The maximum Gasteiger partial charge on any atom is 0.222 e. The van der Waals surface area contributed by atoms with Crippen LogP contribution in [0.1, 0.15) is 70.3 Å². The molecular weight excluding hydrogens is 419 g/mol. The Morgan fingerprint density at radius 2 is 1.97 bits per heavy atom. The predicted molar refractivity (Wildman–Crippen MR) is 126 cm³/mol. The first kappa shape index (κ1) is 22.4. The number of likely N-dealkylation sites (N-methyl/N-ethyl adjacent to an activating group) is 1. The van der Waals surface area contributed by atoms with Crippen molar-refractivity contribution in [3.05, 3.63) is 35.5 Å². The van der Waals surface area contributed by atoms with Crippen LogP contribution in [0, 0.1) is 5.82 Å². The van der Waals surface area contributed by atoms with Crippen LogP contribution in [0.15, 0.2) is 18.2 Å². The van der Waals surface area contributed by atoms with Crippen molar-refractivity contribution in [3.63, 3.8) is 0 Å². The molecule has 5 rings (SSSR count). The minimum Gasteiger partial charge on any atom is -0.480 e. The molecule has 0 radical (unpaired) electrons. The van der Waals surface area contributed by atoms with Crippen LogP contribution in [-0.2, 0) is 17.4 Å². The van der Waals surface area contributed by atoms with Gasteiger partial charge in [0.25, 0.3) is 0 Å². The van der Waals surface area contributed by atoms with Gasteiger partial charge in [-0.25, -0.2) is 9.37 Å². The van der Waals surface area contributed by atoms with E-state index in [0.717, 1.165) is 42.2 Å². The highest BCUT2D eigenvalue weighted by atomic mass is 19.1. The van der Waals surface area contributed by atoms with Gasteiger partial charge in [0.1, 0.15) is 17.4 Å². The molecule has 2 fully saturated rings. The summed E-state index contributed by atoms with van der Waals surface area (Å²) in [6.07, 6.45) is 3.89. The number of ether oxygens (including phenoxy) is 1. The van der Waals surface area contributed by atoms with E-state index >= 15 is 0 Å². The van der Waals surface area contributed by atoms with Gasteiger partial charge >= 0.3 is 0 Å². The van der Waals surface area contributed by atoms with Gasteiger partial charge in [-0.15, -0.1) is 0 Å². The van der Waals surface area contributed by atoms with Crippen LogP contribution in [0.5, 0.6) is 5.75 Å². The molecule has 1 atom stereocenters. The minimum atomic E-state index is -0.552. The predicted octanol–water partition coefficient (Wildman–Crippen LogP) is 4.43. The molecule has 0 saturated carbocycles. The van der Waals surface area contributed by atoms with Crippen LogP contribution < -0.4 is 4.74 Å². The SMILES string of the molecule is CCCC(=O)N1CCC2(CC1)Oc1ccc(F)cc1-c1nc([C@H]3CN(C)C(C)(C)C3)n(C)c12. The van der Waals surface area contributed by atoms with Crippen LogP contribution in [0.25, 0.3) is 11.3 Å². The summed E-state index contributed by atoms with van der Waals surface area (Å²) in [7, 11) is 4.25. The number of fused-ring (bicyclic) bond motifs is 4. The van der Waals surface area contributed by atoms with Crippen molar-refractivity contribution in [1.82, 2.24) is 19.4 Å². The number of hydrogen-bond acceptors (Lipinski definition) is 4. The number of piperidine rings is 1. The molecule has 178 valence electrons. The van der Waals surface area contributed by atoms with Crippen LogP contribution in [0.3, 0.4) is 0 Å². The summed E-state index contributed by atoms with van der Waals surface area (Å²) >= 11 is 0. The number of halogens is 1. The topological polar surface area (TPSA) is 50.6 Å². The second kappa shape index (κ2) is 7.83. The summed E-state index contributed by atoms with van der Waals surface area (Å²) in [4.78, 5) is 22.0. The van der Waals surface area contributed by atoms with E-state index in [1.807, 2.05) is 11.8 Å². The van der Waals surface area contributed by atoms with Gasteiger partial charge in [-0.05, 0) is 51.9 Å². The van der Waals surface area contributed by atoms with E-state index in [1.165, 1.54) is 6.07 Å². The average Bonchev–Trinajstić information content (AvgIpc) is 3.26. The van der Waals surface area contributed by atoms with Gasteiger partial charge in [-0.3, -0.25) is 4.79 Å². The fourth-order valence-electron chi connectivity index (χ4n) is 6.03. The number of nitrogens with zero attached hydrogens (tertiary/aromatic N) is 4. The Balaban J connectivity index is 1.57. The Morgan fingerprint density at radius 3 is 2.61 bits per heavy atom. The summed E-state index contributed by atoms with van der Waals surface area (Å²) in [6.45, 7) is 8.85. The molecule has 0 unspecified atom stereocenters. The number of rotatable bonds is 3. The number of aromatic nitrogens is 2. The van der Waals surface area contributed by atoms with Crippen molar-refractivity contribution < 1.29 is 13.9 Å². The Kier molecular flexibility index (Phi) is 5.31. The second-order valence-corrected chi connectivity index (χ2v) is 10.7. The number of imidazole rings is 1. The smallest absolute Gasteiger partial charge is 0.222 e. The lowest BCUT2D eigenvalue weighted by molar-refractivity contribution is -0.135. The van der Waals surface area contributed by atoms with Gasteiger partial charge in [-0.2, -0.15) is 0 Å². The van der Waals surface area contributed by atoms with E-state index in [0.29, 0.717) is 44.0 Å². The highest BCUT2D eigenvalue weighted by Gasteiger charge is 2.49. The Bertz CT molecular complexity index is 1080. The van der Waals surface area contributed by atoms with Gasteiger partial charge < -0.3 is 19.1 Å². The van der Waals surface area contributed by atoms with Gasteiger partial charge in [0.15, 0.2) is 5.60 Å². The third-order valence-corrected chi connectivity index (χ3v) is 8.09. The molecule has 2 aromatic rings. The number of carbonyl (C=O) groups is 1. The van der Waals surface area contributed by atoms with Crippen molar-refractivity contribution in [2.75, 3.05) is 26.7 Å². The number of hydrogen-bond donors (Lipinski definition) is 0. The van der Waals surface area contributed by atoms with Crippen LogP contribution >= 0.6 is 0 Å². The summed E-state index contributed by atoms with van der Waals surface area (Å²) in [5.41, 5.74) is 2.16. The molecule has 0 aliphatic carbocycles. The molecule has 1 aromatic carbocycles. The first-order valence-corrected chi connectivity index (χ1v) is 12.2. The van der Waals surface area contributed by atoms with Crippen LogP contribution in [0.2, 0.25) is 0 Å². The lowest BCUT2D eigenvalue weighted by Crippen LogP contribution is -2.49. The summed E-state index contributed by atoms with van der Waals surface area (Å²) in [5.74, 6) is 1.97. The quantitative estimate of drug-likeness (QED) is 0.688. The highest BCUT2D eigenvalue weighted by Crippen LogP contribution is 2.51. The Hall–Kier alpha value is -2.41. The molecule has 3 aliphatic heterocycles. The zero-order valence-electron chi connectivity index (χ0n) is 20.4. The largest absolute Gasteiger partial charge is 0.480 e. The van der Waals surface area contributed by atoms with E-state index in [-0.39, 0.29) is 17.3 Å².